The maximum atomic E-state index is 14.9. The lowest BCUT2D eigenvalue weighted by Crippen LogP contribution is -2.58. The molecule has 2 aromatic carbocycles. The van der Waals surface area contributed by atoms with Crippen molar-refractivity contribution in [3.05, 3.63) is 58.4 Å². The van der Waals surface area contributed by atoms with Gasteiger partial charge in [0.05, 0.1) is 23.7 Å². The Labute approximate surface area is 281 Å². The van der Waals surface area contributed by atoms with Gasteiger partial charge in [-0.15, -0.1) is 0 Å². The predicted octanol–water partition coefficient (Wildman–Crippen LogP) is 9.08. The van der Waals surface area contributed by atoms with Crippen molar-refractivity contribution in [2.75, 3.05) is 7.11 Å². The molecule has 1 heterocycles. The van der Waals surface area contributed by atoms with Crippen molar-refractivity contribution in [2.45, 2.75) is 104 Å². The van der Waals surface area contributed by atoms with Crippen LogP contribution in [0.1, 0.15) is 79.7 Å². The van der Waals surface area contributed by atoms with Gasteiger partial charge >= 0.3 is 23.9 Å². The minimum Gasteiger partial charge on any atom is -0.497 e. The van der Waals surface area contributed by atoms with Gasteiger partial charge in [-0.05, 0) is 88.8 Å². The standard InChI is InChI=1S/C36H43F6NO6/c1-9-31(2,3)19-33(6,32(4,5)43)30(45)49-28-15-14-27(34(28,7)36(40,41)42)47-22-11-10-20-16-24(29(44)48-26(20)18-22)23-13-12-21(46-8)17-25(23)35(37,38)39/h10-13,16-18,27-28H,9,14-15,19,43H2,1-8H3. The van der Waals surface area contributed by atoms with Crippen molar-refractivity contribution in [1.29, 1.82) is 0 Å². The number of esters is 1. The highest BCUT2D eigenvalue weighted by atomic mass is 19.4. The van der Waals surface area contributed by atoms with Crippen LogP contribution in [0, 0.1) is 16.2 Å². The highest BCUT2D eigenvalue weighted by Gasteiger charge is 2.67. The van der Waals surface area contributed by atoms with Crippen LogP contribution in [-0.2, 0) is 15.7 Å². The molecule has 0 bridgehead atoms. The number of fused-ring (bicyclic) bond motifs is 1. The molecule has 4 unspecified atom stereocenters. The first-order valence-electron chi connectivity index (χ1n) is 15.9. The third-order valence-corrected chi connectivity index (χ3v) is 10.4. The smallest absolute Gasteiger partial charge is 0.417 e. The molecule has 0 saturated heterocycles. The van der Waals surface area contributed by atoms with Gasteiger partial charge in [-0.1, -0.05) is 27.2 Å². The van der Waals surface area contributed by atoms with E-state index in [-0.39, 0.29) is 52.7 Å². The average molecular weight is 700 g/mol. The molecule has 0 amide bonds. The van der Waals surface area contributed by atoms with E-state index in [0.717, 1.165) is 19.1 Å². The number of methoxy groups -OCH3 is 1. The van der Waals surface area contributed by atoms with E-state index < -0.39 is 63.7 Å². The van der Waals surface area contributed by atoms with Gasteiger partial charge in [-0.25, -0.2) is 4.79 Å². The summed E-state index contributed by atoms with van der Waals surface area (Å²) in [6.45, 7) is 11.7. The monoisotopic (exact) mass is 699 g/mol. The molecule has 0 radical (unpaired) electrons. The summed E-state index contributed by atoms with van der Waals surface area (Å²) in [6, 6.07) is 8.26. The van der Waals surface area contributed by atoms with Crippen molar-refractivity contribution in [3.8, 4) is 22.6 Å². The van der Waals surface area contributed by atoms with E-state index in [1.54, 1.807) is 20.8 Å². The SMILES string of the molecule is CCC(C)(C)CC(C)(C(=O)OC1CCC(Oc2ccc3cc(-c4ccc(OC)cc4C(F)(F)F)c(=O)oc3c2)C1(C)C(F)(F)F)C(C)(C)N. The van der Waals surface area contributed by atoms with E-state index in [0.29, 0.717) is 6.42 Å². The molecule has 1 fully saturated rings. The average Bonchev–Trinajstić information content (AvgIpc) is 3.30. The zero-order valence-corrected chi connectivity index (χ0v) is 28.8. The zero-order chi connectivity index (χ0) is 37.0. The number of rotatable bonds is 10. The van der Waals surface area contributed by atoms with Crippen LogP contribution in [0.5, 0.6) is 11.5 Å². The first kappa shape index (κ1) is 38.1. The topological polar surface area (TPSA) is 101 Å². The van der Waals surface area contributed by atoms with Crippen LogP contribution in [-0.4, -0.2) is 37.0 Å². The Morgan fingerprint density at radius 3 is 2.08 bits per heavy atom. The second-order valence-electron chi connectivity index (χ2n) is 14.7. The summed E-state index contributed by atoms with van der Waals surface area (Å²) in [5.74, 6) is -0.958. The minimum atomic E-state index is -4.86. The van der Waals surface area contributed by atoms with Gasteiger partial charge in [-0.3, -0.25) is 4.79 Å². The number of hydrogen-bond acceptors (Lipinski definition) is 7. The van der Waals surface area contributed by atoms with Crippen LogP contribution >= 0.6 is 0 Å². The Kier molecular flexibility index (Phi) is 9.99. The van der Waals surface area contributed by atoms with Crippen molar-refractivity contribution in [2.24, 2.45) is 22.0 Å². The van der Waals surface area contributed by atoms with E-state index in [1.807, 2.05) is 20.8 Å². The number of carbonyl (C=O) groups is 1. The minimum absolute atomic E-state index is 0.0597. The van der Waals surface area contributed by atoms with Crippen molar-refractivity contribution < 1.29 is 49.8 Å². The molecule has 1 aromatic heterocycles. The van der Waals surface area contributed by atoms with Gasteiger partial charge < -0.3 is 24.4 Å². The molecule has 1 aliphatic rings. The van der Waals surface area contributed by atoms with E-state index in [4.69, 9.17) is 24.4 Å². The summed E-state index contributed by atoms with van der Waals surface area (Å²) >= 11 is 0. The fraction of sp³-hybridized carbons (Fsp3) is 0.556. The third kappa shape index (κ3) is 7.27. The molecule has 1 saturated carbocycles. The lowest BCUT2D eigenvalue weighted by atomic mass is 9.64. The number of benzene rings is 2. The van der Waals surface area contributed by atoms with Crippen LogP contribution < -0.4 is 20.8 Å². The predicted molar refractivity (Wildman–Crippen MR) is 172 cm³/mol. The lowest BCUT2D eigenvalue weighted by Gasteiger charge is -2.45. The van der Waals surface area contributed by atoms with E-state index in [1.165, 1.54) is 37.4 Å². The van der Waals surface area contributed by atoms with Crippen molar-refractivity contribution >= 4 is 16.9 Å². The molecule has 0 aliphatic heterocycles. The first-order valence-corrected chi connectivity index (χ1v) is 15.9. The number of alkyl halides is 6. The van der Waals surface area contributed by atoms with Crippen molar-refractivity contribution in [1.82, 2.24) is 0 Å². The number of carbonyl (C=O) groups excluding carboxylic acids is 1. The fourth-order valence-corrected chi connectivity index (χ4v) is 6.38. The Bertz CT molecular complexity index is 1760. The number of hydrogen-bond donors (Lipinski definition) is 1. The summed E-state index contributed by atoms with van der Waals surface area (Å²) in [5.41, 5.74) is -2.05. The first-order chi connectivity index (χ1) is 22.4. The van der Waals surface area contributed by atoms with Crippen molar-refractivity contribution in [3.63, 3.8) is 0 Å². The Hall–Kier alpha value is -3.74. The van der Waals surface area contributed by atoms with Crippen LogP contribution in [0.3, 0.4) is 0 Å². The Morgan fingerprint density at radius 1 is 0.918 bits per heavy atom. The molecule has 3 aromatic rings. The van der Waals surface area contributed by atoms with E-state index in [2.05, 4.69) is 0 Å². The zero-order valence-electron chi connectivity index (χ0n) is 28.8. The summed E-state index contributed by atoms with van der Waals surface area (Å²) in [5, 5.41) is 0.210. The molecule has 270 valence electrons. The second-order valence-corrected chi connectivity index (χ2v) is 14.7. The van der Waals surface area contributed by atoms with Crippen LogP contribution in [0.2, 0.25) is 0 Å². The van der Waals surface area contributed by atoms with E-state index in [9.17, 15) is 35.9 Å². The molecule has 0 spiro atoms. The molecule has 2 N–H and O–H groups in total. The Balaban J connectivity index is 1.66. The molecule has 1 aliphatic carbocycles. The Morgan fingerprint density at radius 2 is 1.53 bits per heavy atom. The second kappa shape index (κ2) is 12.9. The summed E-state index contributed by atoms with van der Waals surface area (Å²) in [6.07, 6.45) is -12.0. The maximum absolute atomic E-state index is 14.9. The van der Waals surface area contributed by atoms with Gasteiger partial charge in [0.25, 0.3) is 0 Å². The number of halogens is 6. The lowest BCUT2D eigenvalue weighted by molar-refractivity contribution is -0.265. The summed E-state index contributed by atoms with van der Waals surface area (Å²) in [4.78, 5) is 26.7. The quantitative estimate of drug-likeness (QED) is 0.128. The largest absolute Gasteiger partial charge is 0.497 e. The molecule has 13 heteroatoms. The molecular formula is C36H43F6NO6. The van der Waals surface area contributed by atoms with Gasteiger partial charge in [-0.2, -0.15) is 26.3 Å². The number of ether oxygens (including phenoxy) is 3. The fourth-order valence-electron chi connectivity index (χ4n) is 6.38. The van der Waals surface area contributed by atoms with Crippen LogP contribution in [0.15, 0.2) is 51.7 Å². The number of nitrogens with two attached hydrogens (primary N) is 1. The van der Waals surface area contributed by atoms with Gasteiger partial charge in [0.2, 0.25) is 0 Å². The highest BCUT2D eigenvalue weighted by molar-refractivity contribution is 5.83. The maximum Gasteiger partial charge on any atom is 0.417 e. The van der Waals surface area contributed by atoms with Crippen LogP contribution in [0.25, 0.3) is 22.1 Å². The molecule has 4 rings (SSSR count). The molecule has 7 nitrogen and oxygen atoms in total. The molecule has 49 heavy (non-hydrogen) atoms. The molecule has 4 atom stereocenters. The van der Waals surface area contributed by atoms with Gasteiger partial charge in [0, 0.05) is 22.6 Å². The third-order valence-electron chi connectivity index (χ3n) is 10.4. The van der Waals surface area contributed by atoms with Gasteiger partial charge in [0.1, 0.15) is 34.7 Å². The summed E-state index contributed by atoms with van der Waals surface area (Å²) < 4.78 is 108. The van der Waals surface area contributed by atoms with Crippen LogP contribution in [0.4, 0.5) is 26.3 Å². The summed E-state index contributed by atoms with van der Waals surface area (Å²) in [7, 11) is 1.21. The van der Waals surface area contributed by atoms with Gasteiger partial charge in [0.15, 0.2) is 0 Å². The highest BCUT2D eigenvalue weighted by Crippen LogP contribution is 2.54. The molecular weight excluding hydrogens is 656 g/mol. The normalized spacial score (nSPS) is 21.8. The van der Waals surface area contributed by atoms with E-state index >= 15 is 0 Å².